The number of ether oxygens (including phenoxy) is 1. The lowest BCUT2D eigenvalue weighted by Crippen LogP contribution is -2.51. The van der Waals surface area contributed by atoms with E-state index in [9.17, 15) is 31.9 Å². The van der Waals surface area contributed by atoms with Gasteiger partial charge in [-0.1, -0.05) is 36.4 Å². The number of hydrogen-bond acceptors (Lipinski definition) is 8. The summed E-state index contributed by atoms with van der Waals surface area (Å²) in [4.78, 5) is 43.3. The Bertz CT molecular complexity index is 1830. The standard InChI is InChI=1S/C32H33F4N5O5/c1-20-28(39-15-13-38(14-16-39)17-22-11-12-27(46-22)30(43)45-2)29(42)41(19-26(37)21-7-4-3-5-8-21)31(44)40(20)18-23-24(32(34,35)36)9-6-10-25(23)33/h3-12,26H,13-19,37H2,1-2H3. The van der Waals surface area contributed by atoms with Gasteiger partial charge in [0.25, 0.3) is 5.56 Å². The third-order valence-electron chi connectivity index (χ3n) is 8.12. The molecular formula is C32H33F4N5O5. The second-order valence-corrected chi connectivity index (χ2v) is 11.0. The highest BCUT2D eigenvalue weighted by molar-refractivity contribution is 5.86. The van der Waals surface area contributed by atoms with Gasteiger partial charge in [0.2, 0.25) is 5.76 Å². The number of halogens is 4. The van der Waals surface area contributed by atoms with E-state index in [4.69, 9.17) is 10.2 Å². The Morgan fingerprint density at radius 2 is 1.65 bits per heavy atom. The fourth-order valence-corrected chi connectivity index (χ4v) is 5.67. The van der Waals surface area contributed by atoms with Crippen LogP contribution in [0.15, 0.2) is 74.7 Å². The molecule has 1 atom stereocenters. The summed E-state index contributed by atoms with van der Waals surface area (Å²) in [7, 11) is 1.25. The number of nitrogens with zero attached hydrogens (tertiary/aromatic N) is 4. The Morgan fingerprint density at radius 1 is 0.957 bits per heavy atom. The van der Waals surface area contributed by atoms with Crippen LogP contribution in [0.4, 0.5) is 23.2 Å². The van der Waals surface area contributed by atoms with Crippen molar-refractivity contribution in [1.82, 2.24) is 14.0 Å². The van der Waals surface area contributed by atoms with Crippen LogP contribution in [0, 0.1) is 12.7 Å². The van der Waals surface area contributed by atoms with Gasteiger partial charge in [-0.3, -0.25) is 18.8 Å². The first-order valence-electron chi connectivity index (χ1n) is 14.5. The lowest BCUT2D eigenvalue weighted by atomic mass is 10.1. The van der Waals surface area contributed by atoms with E-state index >= 15 is 0 Å². The number of hydrogen-bond donors (Lipinski definition) is 1. The number of nitrogens with two attached hydrogens (primary N) is 1. The first kappa shape index (κ1) is 32.7. The molecule has 1 aliphatic heterocycles. The topological polar surface area (TPSA) is 116 Å². The van der Waals surface area contributed by atoms with Crippen LogP contribution in [0.3, 0.4) is 0 Å². The first-order valence-corrected chi connectivity index (χ1v) is 14.5. The minimum atomic E-state index is -4.87. The molecule has 2 aromatic heterocycles. The highest BCUT2D eigenvalue weighted by Crippen LogP contribution is 2.33. The Hall–Kier alpha value is -4.69. The van der Waals surface area contributed by atoms with Gasteiger partial charge in [-0.2, -0.15) is 13.2 Å². The number of rotatable bonds is 9. The van der Waals surface area contributed by atoms with E-state index in [-0.39, 0.29) is 23.7 Å². The third-order valence-corrected chi connectivity index (χ3v) is 8.12. The first-order chi connectivity index (χ1) is 21.9. The maximum Gasteiger partial charge on any atom is 0.416 e. The van der Waals surface area contributed by atoms with Crippen LogP contribution in [0.5, 0.6) is 0 Å². The number of carbonyl (C=O) groups excluding carboxylic acids is 1. The van der Waals surface area contributed by atoms with E-state index < -0.39 is 52.9 Å². The molecule has 3 heterocycles. The quantitative estimate of drug-likeness (QED) is 0.216. The van der Waals surface area contributed by atoms with Crippen molar-refractivity contribution in [2.24, 2.45) is 5.73 Å². The number of esters is 1. The van der Waals surface area contributed by atoms with Crippen molar-refractivity contribution >= 4 is 11.7 Å². The molecule has 244 valence electrons. The van der Waals surface area contributed by atoms with E-state index in [0.29, 0.717) is 44.0 Å². The van der Waals surface area contributed by atoms with Crippen LogP contribution in [0.2, 0.25) is 0 Å². The molecule has 1 unspecified atom stereocenters. The van der Waals surface area contributed by atoms with E-state index in [0.717, 1.165) is 27.3 Å². The van der Waals surface area contributed by atoms with E-state index in [1.165, 1.54) is 20.1 Å². The van der Waals surface area contributed by atoms with Gasteiger partial charge in [-0.05, 0) is 36.8 Å². The molecule has 46 heavy (non-hydrogen) atoms. The lowest BCUT2D eigenvalue weighted by Gasteiger charge is -2.36. The predicted octanol–water partition coefficient (Wildman–Crippen LogP) is 3.93. The number of furan rings is 1. The number of piperazine rings is 1. The zero-order chi connectivity index (χ0) is 33.2. The molecule has 5 rings (SSSR count). The number of alkyl halides is 3. The van der Waals surface area contributed by atoms with Crippen molar-refractivity contribution in [3.05, 3.63) is 121 Å². The van der Waals surface area contributed by atoms with E-state index in [2.05, 4.69) is 4.74 Å². The molecule has 4 aromatic rings. The SMILES string of the molecule is COC(=O)c1ccc(CN2CCN(c3c(C)n(Cc4c(F)cccc4C(F)(F)F)c(=O)n(CC(N)c4ccccc4)c3=O)CC2)o1. The molecule has 0 bridgehead atoms. The van der Waals surface area contributed by atoms with Gasteiger partial charge < -0.3 is 19.8 Å². The van der Waals surface area contributed by atoms with Crippen LogP contribution in [-0.4, -0.2) is 53.3 Å². The van der Waals surface area contributed by atoms with Gasteiger partial charge in [0.05, 0.1) is 32.3 Å². The number of aromatic nitrogens is 2. The molecular weight excluding hydrogens is 610 g/mol. The van der Waals surface area contributed by atoms with Crippen molar-refractivity contribution in [1.29, 1.82) is 0 Å². The minimum Gasteiger partial charge on any atom is -0.463 e. The fourth-order valence-electron chi connectivity index (χ4n) is 5.67. The lowest BCUT2D eigenvalue weighted by molar-refractivity contribution is -0.138. The summed E-state index contributed by atoms with van der Waals surface area (Å²) in [5.74, 6) is -1.10. The molecule has 0 aliphatic carbocycles. The molecule has 0 spiro atoms. The summed E-state index contributed by atoms with van der Waals surface area (Å²) in [6, 6.07) is 13.8. The highest BCUT2D eigenvalue weighted by Gasteiger charge is 2.35. The molecule has 1 saturated heterocycles. The summed E-state index contributed by atoms with van der Waals surface area (Å²) in [5.41, 5.74) is 3.81. The monoisotopic (exact) mass is 643 g/mol. The van der Waals surface area contributed by atoms with Gasteiger partial charge in [-0.25, -0.2) is 14.0 Å². The Balaban J connectivity index is 1.50. The third kappa shape index (κ3) is 6.77. The molecule has 1 aliphatic rings. The molecule has 0 radical (unpaired) electrons. The van der Waals surface area contributed by atoms with Crippen LogP contribution < -0.4 is 21.9 Å². The Kier molecular flexibility index (Phi) is 9.49. The second kappa shape index (κ2) is 13.3. The zero-order valence-electron chi connectivity index (χ0n) is 25.2. The molecule has 2 N–H and O–H groups in total. The summed E-state index contributed by atoms with van der Waals surface area (Å²) < 4.78 is 68.8. The molecule has 1 fully saturated rings. The highest BCUT2D eigenvalue weighted by atomic mass is 19.4. The Morgan fingerprint density at radius 3 is 2.30 bits per heavy atom. The summed E-state index contributed by atoms with van der Waals surface area (Å²) in [5, 5.41) is 0. The number of benzene rings is 2. The maximum atomic E-state index is 14.9. The number of carbonyl (C=O) groups is 1. The van der Waals surface area contributed by atoms with E-state index in [1.54, 1.807) is 41.3 Å². The normalized spacial score (nSPS) is 14.8. The Labute approximate surface area is 261 Å². The van der Waals surface area contributed by atoms with Crippen LogP contribution in [0.25, 0.3) is 0 Å². The molecule has 0 amide bonds. The van der Waals surface area contributed by atoms with Gasteiger partial charge in [0, 0.05) is 43.5 Å². The largest absolute Gasteiger partial charge is 0.463 e. The van der Waals surface area contributed by atoms with Crippen LogP contribution in [-0.2, 0) is 30.5 Å². The van der Waals surface area contributed by atoms with Crippen LogP contribution in [0.1, 0.15) is 44.7 Å². The van der Waals surface area contributed by atoms with Crippen molar-refractivity contribution < 1.29 is 31.5 Å². The summed E-state index contributed by atoms with van der Waals surface area (Å²) >= 11 is 0. The zero-order valence-corrected chi connectivity index (χ0v) is 25.2. The summed E-state index contributed by atoms with van der Waals surface area (Å²) in [6.07, 6.45) is -4.87. The molecule has 14 heteroatoms. The second-order valence-electron chi connectivity index (χ2n) is 11.0. The number of anilines is 1. The maximum absolute atomic E-state index is 14.9. The average Bonchev–Trinajstić information content (AvgIpc) is 3.50. The van der Waals surface area contributed by atoms with Crippen molar-refractivity contribution in [2.75, 3.05) is 38.2 Å². The van der Waals surface area contributed by atoms with Crippen molar-refractivity contribution in [3.63, 3.8) is 0 Å². The van der Waals surface area contributed by atoms with Gasteiger partial charge in [0.1, 0.15) is 17.3 Å². The molecule has 2 aromatic carbocycles. The van der Waals surface area contributed by atoms with Gasteiger partial charge in [-0.15, -0.1) is 0 Å². The van der Waals surface area contributed by atoms with Gasteiger partial charge in [0.15, 0.2) is 0 Å². The molecule has 10 nitrogen and oxygen atoms in total. The smallest absolute Gasteiger partial charge is 0.416 e. The van der Waals surface area contributed by atoms with Crippen molar-refractivity contribution in [3.8, 4) is 0 Å². The summed E-state index contributed by atoms with van der Waals surface area (Å²) in [6.45, 7) is 2.43. The van der Waals surface area contributed by atoms with Crippen LogP contribution >= 0.6 is 0 Å². The minimum absolute atomic E-state index is 0.0758. The molecule has 0 saturated carbocycles. The number of methoxy groups -OCH3 is 1. The van der Waals surface area contributed by atoms with Crippen molar-refractivity contribution in [2.45, 2.75) is 38.8 Å². The van der Waals surface area contributed by atoms with E-state index in [1.807, 2.05) is 4.90 Å². The van der Waals surface area contributed by atoms with Gasteiger partial charge >= 0.3 is 17.8 Å². The predicted molar refractivity (Wildman–Crippen MR) is 161 cm³/mol. The average molecular weight is 644 g/mol. The fraction of sp³-hybridized carbons (Fsp3) is 0.344.